The number of phenols is 1. The first kappa shape index (κ1) is 16.1. The van der Waals surface area contributed by atoms with Crippen molar-refractivity contribution in [3.8, 4) is 17.0 Å². The number of rotatable bonds is 2. The molecule has 3 N–H and O–H groups in total. The van der Waals surface area contributed by atoms with Gasteiger partial charge in [0.15, 0.2) is 0 Å². The number of aromatic amines is 1. The van der Waals surface area contributed by atoms with E-state index in [0.29, 0.717) is 22.4 Å². The van der Waals surface area contributed by atoms with E-state index in [1.807, 2.05) is 0 Å². The Bertz CT molecular complexity index is 1250. The van der Waals surface area contributed by atoms with Crippen LogP contribution in [0.15, 0.2) is 53.3 Å². The van der Waals surface area contributed by atoms with Crippen LogP contribution in [0.25, 0.3) is 11.3 Å². The van der Waals surface area contributed by atoms with Crippen molar-refractivity contribution in [2.75, 3.05) is 5.32 Å². The molecule has 4 aromatic rings. The highest BCUT2D eigenvalue weighted by Crippen LogP contribution is 2.41. The third-order valence-electron chi connectivity index (χ3n) is 4.57. The largest absolute Gasteiger partial charge is 0.508 e. The maximum atomic E-state index is 13.4. The maximum Gasteiger partial charge on any atom is 0.288 e. The van der Waals surface area contributed by atoms with Gasteiger partial charge >= 0.3 is 0 Å². The Hall–Kier alpha value is -4.08. The monoisotopic (exact) mass is 377 g/mol. The first-order valence-corrected chi connectivity index (χ1v) is 8.34. The molecule has 0 unspecified atom stereocenters. The molecule has 2 aromatic carbocycles. The smallest absolute Gasteiger partial charge is 0.288 e. The van der Waals surface area contributed by atoms with Gasteiger partial charge in [-0.25, -0.2) is 9.49 Å². The van der Waals surface area contributed by atoms with Gasteiger partial charge in [0.05, 0.1) is 5.69 Å². The molecule has 1 atom stereocenters. The molecular formula is C18H12FN7O2. The topological polar surface area (TPSA) is 122 Å². The summed E-state index contributed by atoms with van der Waals surface area (Å²) >= 11 is 0. The molecule has 3 heterocycles. The lowest BCUT2D eigenvalue weighted by atomic mass is 9.92. The Labute approximate surface area is 156 Å². The molecule has 9 nitrogen and oxygen atoms in total. The molecule has 2 aromatic heterocycles. The SMILES string of the molecule is O=c1[nH]nc(-c2ccc(F)cc2)c2c1Nc1nnnn1[C@H]2c1cccc(O)c1. The lowest BCUT2D eigenvalue weighted by molar-refractivity contribution is 0.472. The number of hydrogen-bond donors (Lipinski definition) is 3. The predicted molar refractivity (Wildman–Crippen MR) is 96.7 cm³/mol. The van der Waals surface area contributed by atoms with Crippen molar-refractivity contribution in [2.24, 2.45) is 0 Å². The number of nitrogens with zero attached hydrogens (tertiary/aromatic N) is 5. The Balaban J connectivity index is 1.82. The summed E-state index contributed by atoms with van der Waals surface area (Å²) in [5.41, 5.74) is 2.02. The van der Waals surface area contributed by atoms with Gasteiger partial charge in [-0.05, 0) is 52.4 Å². The van der Waals surface area contributed by atoms with E-state index in [0.717, 1.165) is 0 Å². The quantitative estimate of drug-likeness (QED) is 0.430. The van der Waals surface area contributed by atoms with Crippen LogP contribution in [-0.4, -0.2) is 35.5 Å². The van der Waals surface area contributed by atoms with E-state index in [1.165, 1.54) is 16.8 Å². The average molecular weight is 377 g/mol. The van der Waals surface area contributed by atoms with Gasteiger partial charge in [0.2, 0.25) is 5.95 Å². The minimum atomic E-state index is -0.622. The molecule has 10 heteroatoms. The number of phenolic OH excluding ortho intramolecular Hbond substituents is 1. The zero-order valence-corrected chi connectivity index (χ0v) is 14.2. The zero-order chi connectivity index (χ0) is 19.3. The Morgan fingerprint density at radius 1 is 1.14 bits per heavy atom. The van der Waals surface area contributed by atoms with Gasteiger partial charge in [-0.2, -0.15) is 9.78 Å². The summed E-state index contributed by atoms with van der Waals surface area (Å²) in [4.78, 5) is 12.5. The van der Waals surface area contributed by atoms with Crippen LogP contribution in [0.4, 0.5) is 16.0 Å². The van der Waals surface area contributed by atoms with Gasteiger partial charge in [-0.1, -0.05) is 17.2 Å². The summed E-state index contributed by atoms with van der Waals surface area (Å²) in [5, 5.41) is 31.2. The molecule has 0 saturated heterocycles. The number of H-pyrrole nitrogens is 1. The fourth-order valence-electron chi connectivity index (χ4n) is 3.37. The maximum absolute atomic E-state index is 13.4. The first-order valence-electron chi connectivity index (χ1n) is 8.34. The molecule has 0 bridgehead atoms. The van der Waals surface area contributed by atoms with Gasteiger partial charge in [0, 0.05) is 11.1 Å². The summed E-state index contributed by atoms with van der Waals surface area (Å²) in [6.45, 7) is 0. The van der Waals surface area contributed by atoms with Gasteiger partial charge < -0.3 is 10.4 Å². The summed E-state index contributed by atoms with van der Waals surface area (Å²) in [7, 11) is 0. The van der Waals surface area contributed by atoms with Crippen LogP contribution in [0.2, 0.25) is 0 Å². The van der Waals surface area contributed by atoms with Crippen molar-refractivity contribution in [1.29, 1.82) is 0 Å². The lowest BCUT2D eigenvalue weighted by Crippen LogP contribution is -2.29. The highest BCUT2D eigenvalue weighted by Gasteiger charge is 2.34. The van der Waals surface area contributed by atoms with Crippen molar-refractivity contribution in [3.63, 3.8) is 0 Å². The average Bonchev–Trinajstić information content (AvgIpc) is 3.16. The van der Waals surface area contributed by atoms with Crippen LogP contribution >= 0.6 is 0 Å². The van der Waals surface area contributed by atoms with E-state index in [9.17, 15) is 14.3 Å². The van der Waals surface area contributed by atoms with E-state index in [2.05, 4.69) is 31.0 Å². The number of benzene rings is 2. The second-order valence-electron chi connectivity index (χ2n) is 6.27. The van der Waals surface area contributed by atoms with Crippen LogP contribution in [0.5, 0.6) is 5.75 Å². The number of hydrogen-bond acceptors (Lipinski definition) is 7. The Kier molecular flexibility index (Phi) is 3.44. The molecule has 0 saturated carbocycles. The van der Waals surface area contributed by atoms with E-state index in [1.54, 1.807) is 36.4 Å². The molecule has 0 spiro atoms. The molecule has 1 aliphatic rings. The van der Waals surface area contributed by atoms with Crippen molar-refractivity contribution in [3.05, 3.63) is 75.8 Å². The predicted octanol–water partition coefficient (Wildman–Crippen LogP) is 1.96. The summed E-state index contributed by atoms with van der Waals surface area (Å²) in [6.07, 6.45) is 0. The summed E-state index contributed by atoms with van der Waals surface area (Å²) in [6, 6.07) is 11.8. The molecular weight excluding hydrogens is 365 g/mol. The molecule has 28 heavy (non-hydrogen) atoms. The van der Waals surface area contributed by atoms with Crippen LogP contribution in [0, 0.1) is 5.82 Å². The van der Waals surface area contributed by atoms with Gasteiger partial charge in [-0.3, -0.25) is 4.79 Å². The van der Waals surface area contributed by atoms with Crippen LogP contribution in [0.1, 0.15) is 17.2 Å². The second-order valence-corrected chi connectivity index (χ2v) is 6.27. The minimum absolute atomic E-state index is 0.0633. The molecule has 5 rings (SSSR count). The van der Waals surface area contributed by atoms with Gasteiger partial charge in [0.1, 0.15) is 23.3 Å². The Morgan fingerprint density at radius 2 is 1.96 bits per heavy atom. The Morgan fingerprint density at radius 3 is 2.75 bits per heavy atom. The van der Waals surface area contributed by atoms with E-state index in [4.69, 9.17) is 0 Å². The van der Waals surface area contributed by atoms with Crippen molar-refractivity contribution >= 4 is 11.6 Å². The number of nitrogens with one attached hydrogen (secondary N) is 2. The van der Waals surface area contributed by atoms with Crippen LogP contribution in [0.3, 0.4) is 0 Å². The number of aromatic hydroxyl groups is 1. The number of tetrazole rings is 1. The third kappa shape index (κ3) is 2.42. The first-order chi connectivity index (χ1) is 13.6. The zero-order valence-electron chi connectivity index (χ0n) is 14.2. The van der Waals surface area contributed by atoms with Gasteiger partial charge in [-0.15, -0.1) is 0 Å². The molecule has 0 fully saturated rings. The van der Waals surface area contributed by atoms with E-state index in [-0.39, 0.29) is 23.2 Å². The fourth-order valence-corrected chi connectivity index (χ4v) is 3.37. The number of anilines is 2. The minimum Gasteiger partial charge on any atom is -0.508 e. The van der Waals surface area contributed by atoms with Crippen molar-refractivity contribution < 1.29 is 9.50 Å². The number of halogens is 1. The van der Waals surface area contributed by atoms with E-state index >= 15 is 0 Å². The molecule has 0 radical (unpaired) electrons. The molecule has 0 aliphatic carbocycles. The van der Waals surface area contributed by atoms with Crippen molar-refractivity contribution in [1.82, 2.24) is 30.4 Å². The third-order valence-corrected chi connectivity index (χ3v) is 4.57. The second kappa shape index (κ2) is 5.98. The van der Waals surface area contributed by atoms with Crippen molar-refractivity contribution in [2.45, 2.75) is 6.04 Å². The highest BCUT2D eigenvalue weighted by atomic mass is 19.1. The van der Waals surface area contributed by atoms with Crippen LogP contribution in [-0.2, 0) is 0 Å². The number of fused-ring (bicyclic) bond motifs is 2. The lowest BCUT2D eigenvalue weighted by Gasteiger charge is -2.27. The molecule has 0 amide bonds. The fraction of sp³-hybridized carbons (Fsp3) is 0.0556. The van der Waals surface area contributed by atoms with Crippen LogP contribution < -0.4 is 10.9 Å². The summed E-state index contributed by atoms with van der Waals surface area (Å²) < 4.78 is 14.9. The number of aromatic nitrogens is 6. The standard InChI is InChI=1S/C18H12FN7O2/c19-11-6-4-9(5-7-11)14-13-15(17(28)22-21-14)20-18-23-24-25-26(18)16(13)10-2-1-3-12(27)8-10/h1-8,16,27H,(H,22,28)(H,20,23,25)/t16-/m0/s1. The molecule has 1 aliphatic heterocycles. The van der Waals surface area contributed by atoms with Gasteiger partial charge in [0.25, 0.3) is 5.56 Å². The van der Waals surface area contributed by atoms with E-state index < -0.39 is 11.6 Å². The molecule has 138 valence electrons. The summed E-state index contributed by atoms with van der Waals surface area (Å²) in [5.74, 6) is -0.0385. The highest BCUT2D eigenvalue weighted by molar-refractivity contribution is 5.75. The normalized spacial score (nSPS) is 14.8.